The van der Waals surface area contributed by atoms with Crippen LogP contribution in [0.25, 0.3) is 0 Å². The molecule has 0 bridgehead atoms. The van der Waals surface area contributed by atoms with Crippen LogP contribution >= 0.6 is 0 Å². The summed E-state index contributed by atoms with van der Waals surface area (Å²) in [5.41, 5.74) is 8.06. The summed E-state index contributed by atoms with van der Waals surface area (Å²) in [5, 5.41) is 4.90. The van der Waals surface area contributed by atoms with Gasteiger partial charge >= 0.3 is 10.3 Å². The van der Waals surface area contributed by atoms with Gasteiger partial charge in [0.25, 0.3) is 0 Å². The number of hydrogen-bond acceptors (Lipinski definition) is 6. The zero-order valence-corrected chi connectivity index (χ0v) is 13.6. The Balaban J connectivity index is 1.86. The van der Waals surface area contributed by atoms with Gasteiger partial charge in [-0.1, -0.05) is 48.5 Å². The Bertz CT molecular complexity index is 797. The van der Waals surface area contributed by atoms with E-state index >= 15 is 0 Å². The molecule has 1 aliphatic rings. The first-order valence-electron chi connectivity index (χ1n) is 7.31. The number of benzene rings is 2. The molecule has 2 aromatic carbocycles. The molecule has 0 amide bonds. The minimum Gasteiger partial charge on any atom is -0.398 e. The lowest BCUT2D eigenvalue weighted by molar-refractivity contribution is -0.0726. The number of nitrogens with two attached hydrogens (primary N) is 2. The fourth-order valence-corrected chi connectivity index (χ4v) is 2.91. The fourth-order valence-electron chi connectivity index (χ4n) is 2.58. The van der Waals surface area contributed by atoms with Crippen molar-refractivity contribution in [1.29, 1.82) is 0 Å². The fraction of sp³-hybridized carbons (Fsp3) is 0.250. The van der Waals surface area contributed by atoms with Gasteiger partial charge in [-0.2, -0.15) is 8.42 Å². The predicted octanol–water partition coefficient (Wildman–Crippen LogP) is 1.64. The summed E-state index contributed by atoms with van der Waals surface area (Å²) in [6.07, 6.45) is -1.89. The number of rotatable bonds is 5. The van der Waals surface area contributed by atoms with Gasteiger partial charge in [-0.25, -0.2) is 5.14 Å². The monoisotopic (exact) mass is 350 g/mol. The van der Waals surface area contributed by atoms with Crippen molar-refractivity contribution in [2.45, 2.75) is 18.5 Å². The molecule has 1 heterocycles. The van der Waals surface area contributed by atoms with E-state index in [4.69, 9.17) is 24.5 Å². The summed E-state index contributed by atoms with van der Waals surface area (Å²) in [6, 6.07) is 16.5. The topological polar surface area (TPSA) is 114 Å². The Hall–Kier alpha value is -1.97. The molecule has 0 radical (unpaired) electrons. The van der Waals surface area contributed by atoms with Crippen LogP contribution in [-0.2, 0) is 24.0 Å². The highest BCUT2D eigenvalue weighted by atomic mass is 32.2. The number of nitrogen functional groups attached to an aromatic ring is 1. The molecule has 0 saturated carbocycles. The van der Waals surface area contributed by atoms with Crippen molar-refractivity contribution in [1.82, 2.24) is 0 Å². The van der Waals surface area contributed by atoms with Crippen LogP contribution in [0.2, 0.25) is 0 Å². The molecule has 0 unspecified atom stereocenters. The lowest BCUT2D eigenvalue weighted by Gasteiger charge is -2.17. The summed E-state index contributed by atoms with van der Waals surface area (Å²) in [6.45, 7) is -0.263. The molecule has 0 spiro atoms. The second kappa shape index (κ2) is 6.88. The van der Waals surface area contributed by atoms with E-state index < -0.39 is 28.8 Å². The summed E-state index contributed by atoms with van der Waals surface area (Å²) in [5.74, 6) is 0. The maximum Gasteiger partial charge on any atom is 0.333 e. The summed E-state index contributed by atoms with van der Waals surface area (Å²) >= 11 is 0. The minimum atomic E-state index is -4.08. The minimum absolute atomic E-state index is 0.263. The maximum absolute atomic E-state index is 11.1. The first-order valence-corrected chi connectivity index (χ1v) is 8.78. The molecule has 0 aliphatic carbocycles. The molecule has 1 saturated heterocycles. The van der Waals surface area contributed by atoms with Crippen LogP contribution < -0.4 is 10.9 Å². The standard InChI is InChI=1S/C16H18N2O5S/c17-13-9-5-4-8-12(13)15-14(10-21-24(18,19)20)22-16(23-15)11-6-2-1-3-7-11/h1-9,14-16H,10,17H2,(H2,18,19,20)/t14-,15-,16+/m0/s1. The predicted molar refractivity (Wildman–Crippen MR) is 87.8 cm³/mol. The van der Waals surface area contributed by atoms with Gasteiger partial charge in [-0.3, -0.25) is 4.18 Å². The van der Waals surface area contributed by atoms with Crippen molar-refractivity contribution in [2.75, 3.05) is 12.3 Å². The van der Waals surface area contributed by atoms with E-state index in [-0.39, 0.29) is 6.61 Å². The average molecular weight is 350 g/mol. The van der Waals surface area contributed by atoms with Gasteiger partial charge < -0.3 is 15.2 Å². The Morgan fingerprint density at radius 2 is 1.67 bits per heavy atom. The molecule has 1 fully saturated rings. The van der Waals surface area contributed by atoms with E-state index in [9.17, 15) is 8.42 Å². The molecule has 128 valence electrons. The van der Waals surface area contributed by atoms with Gasteiger partial charge in [0.05, 0.1) is 6.61 Å². The Morgan fingerprint density at radius 1 is 1.00 bits per heavy atom. The molecular formula is C16H18N2O5S. The molecule has 2 aromatic rings. The van der Waals surface area contributed by atoms with Crippen molar-refractivity contribution < 1.29 is 22.1 Å². The highest BCUT2D eigenvalue weighted by Crippen LogP contribution is 2.41. The molecule has 24 heavy (non-hydrogen) atoms. The number of para-hydroxylation sites is 1. The summed E-state index contributed by atoms with van der Waals surface area (Å²) < 4.78 is 38.7. The lowest BCUT2D eigenvalue weighted by atomic mass is 10.0. The molecule has 3 atom stereocenters. The quantitative estimate of drug-likeness (QED) is 0.793. The van der Waals surface area contributed by atoms with Gasteiger partial charge in [-0.05, 0) is 6.07 Å². The van der Waals surface area contributed by atoms with Crippen LogP contribution in [0, 0.1) is 0 Å². The van der Waals surface area contributed by atoms with Gasteiger partial charge in [0.2, 0.25) is 0 Å². The zero-order valence-electron chi connectivity index (χ0n) is 12.7. The van der Waals surface area contributed by atoms with Gasteiger partial charge in [0, 0.05) is 16.8 Å². The third kappa shape index (κ3) is 3.92. The van der Waals surface area contributed by atoms with Crippen molar-refractivity contribution in [3.05, 3.63) is 65.7 Å². The molecular weight excluding hydrogens is 332 g/mol. The molecule has 1 aliphatic heterocycles. The van der Waals surface area contributed by atoms with Gasteiger partial charge in [0.1, 0.15) is 12.2 Å². The Morgan fingerprint density at radius 3 is 2.33 bits per heavy atom. The van der Waals surface area contributed by atoms with Crippen molar-refractivity contribution >= 4 is 16.0 Å². The first kappa shape index (κ1) is 16.9. The highest BCUT2D eigenvalue weighted by molar-refractivity contribution is 7.84. The molecule has 8 heteroatoms. The van der Waals surface area contributed by atoms with E-state index in [2.05, 4.69) is 0 Å². The third-order valence-corrected chi connectivity index (χ3v) is 4.14. The van der Waals surface area contributed by atoms with Crippen LogP contribution in [0.1, 0.15) is 23.5 Å². The van der Waals surface area contributed by atoms with Crippen LogP contribution in [0.3, 0.4) is 0 Å². The molecule has 7 nitrogen and oxygen atoms in total. The number of anilines is 1. The van der Waals surface area contributed by atoms with Gasteiger partial charge in [0.15, 0.2) is 6.29 Å². The second-order valence-electron chi connectivity index (χ2n) is 5.38. The van der Waals surface area contributed by atoms with Crippen LogP contribution in [-0.4, -0.2) is 21.1 Å². The van der Waals surface area contributed by atoms with Gasteiger partial charge in [-0.15, -0.1) is 0 Å². The second-order valence-corrected chi connectivity index (χ2v) is 6.60. The van der Waals surface area contributed by atoms with E-state index in [1.807, 2.05) is 36.4 Å². The summed E-state index contributed by atoms with van der Waals surface area (Å²) in [4.78, 5) is 0. The lowest BCUT2D eigenvalue weighted by Crippen LogP contribution is -2.27. The largest absolute Gasteiger partial charge is 0.398 e. The molecule has 3 rings (SSSR count). The highest BCUT2D eigenvalue weighted by Gasteiger charge is 2.39. The SMILES string of the molecule is Nc1ccccc1[C@@H]1O[C@H](c2ccccc2)O[C@H]1COS(N)(=O)=O. The maximum atomic E-state index is 11.1. The van der Waals surface area contributed by atoms with Crippen LogP contribution in [0.4, 0.5) is 5.69 Å². The zero-order chi connectivity index (χ0) is 17.2. The normalized spacial score (nSPS) is 24.1. The average Bonchev–Trinajstić information content (AvgIpc) is 2.98. The van der Waals surface area contributed by atoms with Crippen molar-refractivity contribution in [2.24, 2.45) is 5.14 Å². The summed E-state index contributed by atoms with van der Waals surface area (Å²) in [7, 11) is -4.08. The van der Waals surface area contributed by atoms with Crippen LogP contribution in [0.15, 0.2) is 54.6 Å². The molecule has 0 aromatic heterocycles. The van der Waals surface area contributed by atoms with Crippen molar-refractivity contribution in [3.8, 4) is 0 Å². The number of hydrogen-bond donors (Lipinski definition) is 2. The Labute approximate surface area is 140 Å². The van der Waals surface area contributed by atoms with E-state index in [1.54, 1.807) is 18.2 Å². The van der Waals surface area contributed by atoms with Crippen molar-refractivity contribution in [3.63, 3.8) is 0 Å². The third-order valence-electron chi connectivity index (χ3n) is 3.68. The van der Waals surface area contributed by atoms with E-state index in [1.165, 1.54) is 0 Å². The molecule has 4 N–H and O–H groups in total. The van der Waals surface area contributed by atoms with Crippen LogP contribution in [0.5, 0.6) is 0 Å². The number of ether oxygens (including phenoxy) is 2. The van der Waals surface area contributed by atoms with E-state index in [0.29, 0.717) is 11.3 Å². The van der Waals surface area contributed by atoms with E-state index in [0.717, 1.165) is 5.56 Å². The first-order chi connectivity index (χ1) is 11.4. The smallest absolute Gasteiger partial charge is 0.333 e. The Kier molecular flexibility index (Phi) is 4.83.